The zero-order valence-corrected chi connectivity index (χ0v) is 15.2. The third-order valence-corrected chi connectivity index (χ3v) is 4.45. The summed E-state index contributed by atoms with van der Waals surface area (Å²) >= 11 is 2.15. The van der Waals surface area contributed by atoms with Crippen LogP contribution in [0.1, 0.15) is 24.8 Å². The number of halogens is 1. The van der Waals surface area contributed by atoms with Crippen LogP contribution in [-0.4, -0.2) is 37.3 Å². The molecule has 0 radical (unpaired) electrons. The monoisotopic (exact) mass is 456 g/mol. The minimum atomic E-state index is -4.14. The Hall–Kier alpha value is -1.20. The van der Waals surface area contributed by atoms with Crippen molar-refractivity contribution in [2.45, 2.75) is 25.9 Å². The second kappa shape index (κ2) is 9.83. The fourth-order valence-electron chi connectivity index (χ4n) is 1.56. The number of hydrogen-bond acceptors (Lipinski definition) is 6. The van der Waals surface area contributed by atoms with Crippen molar-refractivity contribution in [2.24, 2.45) is 0 Å². The molecule has 0 heterocycles. The van der Waals surface area contributed by atoms with Gasteiger partial charge in [0.2, 0.25) is 0 Å². The van der Waals surface area contributed by atoms with Crippen LogP contribution in [0.25, 0.3) is 0 Å². The first-order valence-electron chi connectivity index (χ1n) is 6.78. The van der Waals surface area contributed by atoms with Crippen molar-refractivity contribution in [1.29, 1.82) is 0 Å². The van der Waals surface area contributed by atoms with Gasteiger partial charge in [0.25, 0.3) is 10.1 Å². The Morgan fingerprint density at radius 3 is 2.30 bits per heavy atom. The lowest BCUT2D eigenvalue weighted by molar-refractivity contribution is -0.146. The normalized spacial score (nSPS) is 11.0. The van der Waals surface area contributed by atoms with E-state index in [4.69, 9.17) is 9.29 Å². The minimum absolute atomic E-state index is 0.0244. The van der Waals surface area contributed by atoms with Crippen LogP contribution >= 0.6 is 22.6 Å². The summed E-state index contributed by atoms with van der Waals surface area (Å²) < 4.78 is 40.1. The standard InChI is InChI=1S/C14H17IO7S/c15-12-5-2-1-4-11(12)10-22-14(17)7-3-6-13(16)21-8-9-23(18,19)20/h1-2,4-5H,3,6-10H2,(H,18,19,20). The summed E-state index contributed by atoms with van der Waals surface area (Å²) in [6.45, 7) is -0.231. The molecule has 0 aromatic heterocycles. The first kappa shape index (κ1) is 19.8. The molecule has 0 bridgehead atoms. The third kappa shape index (κ3) is 9.51. The van der Waals surface area contributed by atoms with Gasteiger partial charge in [-0.3, -0.25) is 14.1 Å². The van der Waals surface area contributed by atoms with Crippen LogP contribution < -0.4 is 0 Å². The van der Waals surface area contributed by atoms with Gasteiger partial charge in [-0.05, 0) is 35.1 Å². The predicted octanol–water partition coefficient (Wildman–Crippen LogP) is 1.94. The van der Waals surface area contributed by atoms with Gasteiger partial charge in [-0.25, -0.2) is 0 Å². The predicted molar refractivity (Wildman–Crippen MR) is 90.2 cm³/mol. The summed E-state index contributed by atoms with van der Waals surface area (Å²) in [5, 5.41) is 0. The van der Waals surface area contributed by atoms with Gasteiger partial charge in [0, 0.05) is 22.0 Å². The Bertz CT molecular complexity index is 642. The molecule has 0 aliphatic heterocycles. The van der Waals surface area contributed by atoms with Gasteiger partial charge in [0.05, 0.1) is 0 Å². The molecule has 7 nitrogen and oxygen atoms in total. The summed E-state index contributed by atoms with van der Waals surface area (Å²) in [6, 6.07) is 7.52. The molecule has 0 spiro atoms. The molecule has 0 fully saturated rings. The van der Waals surface area contributed by atoms with E-state index in [1.54, 1.807) is 0 Å². The number of rotatable bonds is 9. The highest BCUT2D eigenvalue weighted by Crippen LogP contribution is 2.13. The fourth-order valence-corrected chi connectivity index (χ4v) is 2.39. The molecule has 0 unspecified atom stereocenters. The minimum Gasteiger partial charge on any atom is -0.464 e. The fraction of sp³-hybridized carbons (Fsp3) is 0.429. The molecule has 1 N–H and O–H groups in total. The molecule has 0 atom stereocenters. The van der Waals surface area contributed by atoms with Crippen molar-refractivity contribution in [2.75, 3.05) is 12.4 Å². The Morgan fingerprint density at radius 1 is 1.09 bits per heavy atom. The van der Waals surface area contributed by atoms with Crippen LogP contribution in [0.3, 0.4) is 0 Å². The largest absolute Gasteiger partial charge is 0.464 e. The van der Waals surface area contributed by atoms with Gasteiger partial charge in [-0.15, -0.1) is 0 Å². The van der Waals surface area contributed by atoms with Crippen LogP contribution in [-0.2, 0) is 35.8 Å². The highest BCUT2D eigenvalue weighted by atomic mass is 127. The topological polar surface area (TPSA) is 107 Å². The quantitative estimate of drug-likeness (QED) is 0.344. The number of carbonyl (C=O) groups excluding carboxylic acids is 2. The van der Waals surface area contributed by atoms with E-state index < -0.39 is 34.4 Å². The molecule has 128 valence electrons. The van der Waals surface area contributed by atoms with Crippen molar-refractivity contribution >= 4 is 44.6 Å². The van der Waals surface area contributed by atoms with Crippen molar-refractivity contribution in [3.8, 4) is 0 Å². The smallest absolute Gasteiger partial charge is 0.306 e. The number of hydrogen-bond donors (Lipinski definition) is 1. The first-order valence-corrected chi connectivity index (χ1v) is 9.46. The lowest BCUT2D eigenvalue weighted by Gasteiger charge is -2.07. The summed E-state index contributed by atoms with van der Waals surface area (Å²) in [5.74, 6) is -1.69. The second-order valence-electron chi connectivity index (χ2n) is 4.61. The molecule has 23 heavy (non-hydrogen) atoms. The third-order valence-electron chi connectivity index (χ3n) is 2.71. The van der Waals surface area contributed by atoms with E-state index in [9.17, 15) is 18.0 Å². The molecule has 1 rings (SSSR count). The van der Waals surface area contributed by atoms with Crippen LogP contribution in [0.15, 0.2) is 24.3 Å². The van der Waals surface area contributed by atoms with Crippen molar-refractivity contribution in [3.63, 3.8) is 0 Å². The second-order valence-corrected chi connectivity index (χ2v) is 7.35. The van der Waals surface area contributed by atoms with E-state index in [0.717, 1.165) is 9.13 Å². The van der Waals surface area contributed by atoms with E-state index in [2.05, 4.69) is 27.3 Å². The molecular weight excluding hydrogens is 439 g/mol. The van der Waals surface area contributed by atoms with E-state index in [1.165, 1.54) is 0 Å². The SMILES string of the molecule is O=C(CCCC(=O)OCc1ccccc1I)OCCS(=O)(=O)O. The summed E-state index contributed by atoms with van der Waals surface area (Å²) in [6.07, 6.45) is 0.287. The Balaban J connectivity index is 2.16. The van der Waals surface area contributed by atoms with E-state index >= 15 is 0 Å². The highest BCUT2D eigenvalue weighted by molar-refractivity contribution is 14.1. The van der Waals surface area contributed by atoms with E-state index in [0.29, 0.717) is 0 Å². The molecule has 1 aromatic rings. The summed E-state index contributed by atoms with van der Waals surface area (Å²) in [5.41, 5.74) is 0.908. The van der Waals surface area contributed by atoms with Gasteiger partial charge in [-0.1, -0.05) is 18.2 Å². The zero-order valence-electron chi connectivity index (χ0n) is 12.2. The van der Waals surface area contributed by atoms with Crippen molar-refractivity contribution in [1.82, 2.24) is 0 Å². The average Bonchev–Trinajstić information content (AvgIpc) is 2.45. The van der Waals surface area contributed by atoms with Gasteiger partial charge >= 0.3 is 11.9 Å². The van der Waals surface area contributed by atoms with Crippen molar-refractivity contribution in [3.05, 3.63) is 33.4 Å². The van der Waals surface area contributed by atoms with Gasteiger partial charge in [-0.2, -0.15) is 8.42 Å². The summed E-state index contributed by atoms with van der Waals surface area (Å²) in [7, 11) is -4.14. The maximum absolute atomic E-state index is 11.6. The molecule has 0 saturated carbocycles. The number of carbonyl (C=O) groups is 2. The number of esters is 2. The van der Waals surface area contributed by atoms with Crippen LogP contribution in [0.5, 0.6) is 0 Å². The number of benzene rings is 1. The maximum atomic E-state index is 11.6. The first-order chi connectivity index (χ1) is 10.8. The molecule has 1 aromatic carbocycles. The van der Waals surface area contributed by atoms with E-state index in [-0.39, 0.29) is 25.9 Å². The Morgan fingerprint density at radius 2 is 1.70 bits per heavy atom. The Labute approximate surface area is 148 Å². The molecule has 0 aliphatic carbocycles. The van der Waals surface area contributed by atoms with Crippen molar-refractivity contribution < 1.29 is 32.0 Å². The number of ether oxygens (including phenoxy) is 2. The molecule has 0 amide bonds. The van der Waals surface area contributed by atoms with Gasteiger partial charge < -0.3 is 9.47 Å². The van der Waals surface area contributed by atoms with Gasteiger partial charge in [0.15, 0.2) is 0 Å². The summed E-state index contributed by atoms with van der Waals surface area (Å²) in [4.78, 5) is 22.8. The zero-order chi connectivity index (χ0) is 17.3. The van der Waals surface area contributed by atoms with E-state index in [1.807, 2.05) is 24.3 Å². The van der Waals surface area contributed by atoms with Crippen LogP contribution in [0, 0.1) is 3.57 Å². The molecule has 9 heteroatoms. The highest BCUT2D eigenvalue weighted by Gasteiger charge is 2.10. The van der Waals surface area contributed by atoms with Crippen LogP contribution in [0.2, 0.25) is 0 Å². The molecule has 0 saturated heterocycles. The average molecular weight is 456 g/mol. The molecular formula is C14H17IO7S. The molecule has 0 aliphatic rings. The lowest BCUT2D eigenvalue weighted by atomic mass is 10.2. The maximum Gasteiger partial charge on any atom is 0.306 e. The Kier molecular flexibility index (Phi) is 8.48. The van der Waals surface area contributed by atoms with Crippen LogP contribution in [0.4, 0.5) is 0 Å². The van der Waals surface area contributed by atoms with Gasteiger partial charge in [0.1, 0.15) is 19.0 Å². The lowest BCUT2D eigenvalue weighted by Crippen LogP contribution is -2.15.